The molecule has 1 N–H and O–H groups in total. The van der Waals surface area contributed by atoms with Crippen molar-refractivity contribution in [3.63, 3.8) is 0 Å². The molecule has 0 amide bonds. The van der Waals surface area contributed by atoms with Gasteiger partial charge in [-0.2, -0.15) is 4.98 Å². The van der Waals surface area contributed by atoms with Crippen LogP contribution in [-0.4, -0.2) is 36.3 Å². The zero-order valence-corrected chi connectivity index (χ0v) is 12.4. The maximum Gasteiger partial charge on any atom is 0.360 e. The van der Waals surface area contributed by atoms with E-state index in [1.807, 2.05) is 6.92 Å². The average molecular weight is 282 g/mol. The SMILES string of the molecule is CCOC(=O)c1coc(NC2CC(OCC)C2(C)C)n1. The van der Waals surface area contributed by atoms with Gasteiger partial charge in [0.1, 0.15) is 6.26 Å². The number of rotatable bonds is 6. The van der Waals surface area contributed by atoms with Gasteiger partial charge in [-0.05, 0) is 20.3 Å². The Balaban J connectivity index is 1.94. The van der Waals surface area contributed by atoms with Crippen molar-refractivity contribution >= 4 is 12.0 Å². The summed E-state index contributed by atoms with van der Waals surface area (Å²) in [6, 6.07) is 0.564. The minimum absolute atomic E-state index is 0.00850. The van der Waals surface area contributed by atoms with Gasteiger partial charge in [0.15, 0.2) is 5.69 Å². The van der Waals surface area contributed by atoms with E-state index >= 15 is 0 Å². The van der Waals surface area contributed by atoms with Crippen molar-refractivity contribution in [1.82, 2.24) is 4.98 Å². The van der Waals surface area contributed by atoms with Crippen molar-refractivity contribution in [3.8, 4) is 0 Å². The number of carbonyl (C=O) groups is 1. The summed E-state index contributed by atoms with van der Waals surface area (Å²) < 4.78 is 15.8. The van der Waals surface area contributed by atoms with E-state index in [0.717, 1.165) is 6.42 Å². The van der Waals surface area contributed by atoms with Crippen LogP contribution in [0.5, 0.6) is 0 Å². The Hall–Kier alpha value is -1.56. The fourth-order valence-corrected chi connectivity index (χ4v) is 2.40. The molecule has 1 aliphatic rings. The number of hydrogen-bond donors (Lipinski definition) is 1. The minimum atomic E-state index is -0.468. The highest BCUT2D eigenvalue weighted by molar-refractivity contribution is 5.87. The molecular weight excluding hydrogens is 260 g/mol. The zero-order valence-electron chi connectivity index (χ0n) is 12.4. The maximum absolute atomic E-state index is 11.5. The third-order valence-electron chi connectivity index (χ3n) is 3.83. The smallest absolute Gasteiger partial charge is 0.360 e. The highest BCUT2D eigenvalue weighted by atomic mass is 16.5. The fourth-order valence-electron chi connectivity index (χ4n) is 2.40. The normalized spacial score (nSPS) is 24.0. The molecule has 2 rings (SSSR count). The number of ether oxygens (including phenoxy) is 2. The van der Waals surface area contributed by atoms with Gasteiger partial charge in [-0.3, -0.25) is 0 Å². The van der Waals surface area contributed by atoms with Gasteiger partial charge in [-0.1, -0.05) is 13.8 Å². The lowest BCUT2D eigenvalue weighted by Crippen LogP contribution is -2.58. The molecule has 6 nitrogen and oxygen atoms in total. The number of nitrogens with zero attached hydrogens (tertiary/aromatic N) is 1. The first-order chi connectivity index (χ1) is 9.48. The molecule has 0 saturated heterocycles. The van der Waals surface area contributed by atoms with Crippen molar-refractivity contribution in [1.29, 1.82) is 0 Å². The second-order valence-corrected chi connectivity index (χ2v) is 5.46. The third kappa shape index (κ3) is 2.80. The molecule has 1 saturated carbocycles. The van der Waals surface area contributed by atoms with E-state index in [2.05, 4.69) is 24.1 Å². The Bertz CT molecular complexity index is 469. The lowest BCUT2D eigenvalue weighted by Gasteiger charge is -2.51. The Labute approximate surface area is 118 Å². The maximum atomic E-state index is 11.5. The van der Waals surface area contributed by atoms with E-state index in [4.69, 9.17) is 13.9 Å². The minimum Gasteiger partial charge on any atom is -0.461 e. The van der Waals surface area contributed by atoms with Gasteiger partial charge in [-0.15, -0.1) is 0 Å². The van der Waals surface area contributed by atoms with Gasteiger partial charge in [-0.25, -0.2) is 4.79 Å². The highest BCUT2D eigenvalue weighted by Crippen LogP contribution is 2.44. The van der Waals surface area contributed by atoms with E-state index in [1.165, 1.54) is 6.26 Å². The monoisotopic (exact) mass is 282 g/mol. The Kier molecular flexibility index (Phi) is 4.32. The summed E-state index contributed by atoms with van der Waals surface area (Å²) in [5.41, 5.74) is 0.196. The largest absolute Gasteiger partial charge is 0.461 e. The van der Waals surface area contributed by atoms with Gasteiger partial charge in [0.2, 0.25) is 0 Å². The molecule has 1 aliphatic carbocycles. The summed E-state index contributed by atoms with van der Waals surface area (Å²) in [6.07, 6.45) is 2.45. The van der Waals surface area contributed by atoms with Gasteiger partial charge >= 0.3 is 5.97 Å². The van der Waals surface area contributed by atoms with Crippen molar-refractivity contribution < 1.29 is 18.7 Å². The van der Waals surface area contributed by atoms with E-state index in [9.17, 15) is 4.79 Å². The van der Waals surface area contributed by atoms with Crippen molar-refractivity contribution in [2.24, 2.45) is 5.41 Å². The Morgan fingerprint density at radius 3 is 2.85 bits per heavy atom. The van der Waals surface area contributed by atoms with Crippen molar-refractivity contribution in [3.05, 3.63) is 12.0 Å². The summed E-state index contributed by atoms with van der Waals surface area (Å²) >= 11 is 0. The molecule has 112 valence electrons. The predicted octanol–water partition coefficient (Wildman–Crippen LogP) is 2.47. The van der Waals surface area contributed by atoms with Gasteiger partial charge in [0.05, 0.1) is 12.7 Å². The van der Waals surface area contributed by atoms with Gasteiger partial charge in [0.25, 0.3) is 6.01 Å². The highest BCUT2D eigenvalue weighted by Gasteiger charge is 2.49. The summed E-state index contributed by atoms with van der Waals surface area (Å²) in [7, 11) is 0. The molecule has 1 fully saturated rings. The van der Waals surface area contributed by atoms with Crippen LogP contribution in [-0.2, 0) is 9.47 Å². The number of carbonyl (C=O) groups excluding carboxylic acids is 1. The molecule has 20 heavy (non-hydrogen) atoms. The lowest BCUT2D eigenvalue weighted by atomic mass is 9.64. The van der Waals surface area contributed by atoms with Crippen molar-refractivity contribution in [2.75, 3.05) is 18.5 Å². The standard InChI is InChI=1S/C14H22N2O4/c1-5-18-11-7-10(14(11,3)4)16-13-15-9(8-20-13)12(17)19-6-2/h8,10-11H,5-7H2,1-4H3,(H,15,16). The molecule has 2 unspecified atom stereocenters. The number of aromatic nitrogens is 1. The Morgan fingerprint density at radius 1 is 1.50 bits per heavy atom. The number of hydrogen-bond acceptors (Lipinski definition) is 6. The topological polar surface area (TPSA) is 73.6 Å². The van der Waals surface area contributed by atoms with E-state index in [-0.39, 0.29) is 23.3 Å². The first-order valence-corrected chi connectivity index (χ1v) is 6.99. The van der Waals surface area contributed by atoms with Crippen LogP contribution in [0.3, 0.4) is 0 Å². The predicted molar refractivity (Wildman–Crippen MR) is 73.7 cm³/mol. The van der Waals surface area contributed by atoms with Gasteiger partial charge < -0.3 is 19.2 Å². The molecule has 0 aromatic carbocycles. The fraction of sp³-hybridized carbons (Fsp3) is 0.714. The number of oxazole rings is 1. The molecule has 1 aromatic rings. The zero-order chi connectivity index (χ0) is 14.8. The summed E-state index contributed by atoms with van der Waals surface area (Å²) in [4.78, 5) is 15.6. The van der Waals surface area contributed by atoms with Crippen LogP contribution >= 0.6 is 0 Å². The van der Waals surface area contributed by atoms with E-state index in [0.29, 0.717) is 19.2 Å². The van der Waals surface area contributed by atoms with Crippen LogP contribution in [0.1, 0.15) is 44.6 Å². The molecule has 0 radical (unpaired) electrons. The molecule has 1 aromatic heterocycles. The van der Waals surface area contributed by atoms with Gasteiger partial charge in [0, 0.05) is 18.1 Å². The molecule has 0 bridgehead atoms. The van der Waals surface area contributed by atoms with Crippen LogP contribution in [0, 0.1) is 5.41 Å². The molecule has 1 heterocycles. The Morgan fingerprint density at radius 2 is 2.25 bits per heavy atom. The van der Waals surface area contributed by atoms with Crippen LogP contribution < -0.4 is 5.32 Å². The summed E-state index contributed by atoms with van der Waals surface area (Å²) in [5.74, 6) is -0.468. The summed E-state index contributed by atoms with van der Waals surface area (Å²) in [5, 5.41) is 3.21. The van der Waals surface area contributed by atoms with E-state index in [1.54, 1.807) is 6.92 Å². The molecule has 0 aliphatic heterocycles. The number of anilines is 1. The molecule has 6 heteroatoms. The number of nitrogens with one attached hydrogen (secondary N) is 1. The number of esters is 1. The second kappa shape index (κ2) is 5.83. The second-order valence-electron chi connectivity index (χ2n) is 5.46. The van der Waals surface area contributed by atoms with Crippen LogP contribution in [0.25, 0.3) is 0 Å². The molecule has 0 spiro atoms. The quantitative estimate of drug-likeness (QED) is 0.808. The first kappa shape index (κ1) is 14.8. The lowest BCUT2D eigenvalue weighted by molar-refractivity contribution is -0.0980. The van der Waals surface area contributed by atoms with Crippen LogP contribution in [0.4, 0.5) is 6.01 Å². The van der Waals surface area contributed by atoms with Crippen molar-refractivity contribution in [2.45, 2.75) is 46.3 Å². The molecule has 2 atom stereocenters. The summed E-state index contributed by atoms with van der Waals surface area (Å²) in [6.45, 7) is 9.07. The molecular formula is C14H22N2O4. The average Bonchev–Trinajstić information content (AvgIpc) is 2.87. The van der Waals surface area contributed by atoms with Crippen LogP contribution in [0.15, 0.2) is 10.7 Å². The third-order valence-corrected chi connectivity index (χ3v) is 3.83. The first-order valence-electron chi connectivity index (χ1n) is 6.99. The van der Waals surface area contributed by atoms with Crippen LogP contribution in [0.2, 0.25) is 0 Å². The van der Waals surface area contributed by atoms with E-state index < -0.39 is 5.97 Å².